The standard InChI is InChI=1S/C18H37N3/c1-4-17(5-2)19-15-16(3)20-13-9-18(10-14-20)21-11-7-6-8-12-21/h16-19H,4-15H2,1-3H3. The molecule has 21 heavy (non-hydrogen) atoms. The van der Waals surface area contributed by atoms with E-state index in [0.717, 1.165) is 12.6 Å². The van der Waals surface area contributed by atoms with E-state index in [1.54, 1.807) is 0 Å². The van der Waals surface area contributed by atoms with Gasteiger partial charge in [-0.25, -0.2) is 0 Å². The maximum Gasteiger partial charge on any atom is 0.0192 e. The summed E-state index contributed by atoms with van der Waals surface area (Å²) in [5.41, 5.74) is 0. The summed E-state index contributed by atoms with van der Waals surface area (Å²) in [6.45, 7) is 13.4. The Hall–Kier alpha value is -0.120. The number of hydrogen-bond acceptors (Lipinski definition) is 3. The predicted octanol–water partition coefficient (Wildman–Crippen LogP) is 3.10. The van der Waals surface area contributed by atoms with Crippen LogP contribution in [0.2, 0.25) is 0 Å². The van der Waals surface area contributed by atoms with Crippen molar-refractivity contribution < 1.29 is 0 Å². The third kappa shape index (κ3) is 5.22. The second-order valence-electron chi connectivity index (χ2n) is 7.13. The summed E-state index contributed by atoms with van der Waals surface area (Å²) < 4.78 is 0. The number of hydrogen-bond donors (Lipinski definition) is 1. The van der Waals surface area contributed by atoms with Gasteiger partial charge in [-0.1, -0.05) is 20.3 Å². The van der Waals surface area contributed by atoms with Gasteiger partial charge in [-0.2, -0.15) is 0 Å². The van der Waals surface area contributed by atoms with Gasteiger partial charge in [-0.15, -0.1) is 0 Å². The van der Waals surface area contributed by atoms with Gasteiger partial charge < -0.3 is 10.2 Å². The maximum absolute atomic E-state index is 3.74. The van der Waals surface area contributed by atoms with Gasteiger partial charge >= 0.3 is 0 Å². The van der Waals surface area contributed by atoms with E-state index >= 15 is 0 Å². The van der Waals surface area contributed by atoms with Crippen LogP contribution in [0, 0.1) is 0 Å². The summed E-state index contributed by atoms with van der Waals surface area (Å²) in [4.78, 5) is 5.48. The van der Waals surface area contributed by atoms with E-state index < -0.39 is 0 Å². The van der Waals surface area contributed by atoms with Crippen molar-refractivity contribution in [3.63, 3.8) is 0 Å². The molecule has 2 fully saturated rings. The fourth-order valence-electron chi connectivity index (χ4n) is 4.02. The maximum atomic E-state index is 3.74. The molecule has 0 aromatic rings. The second-order valence-corrected chi connectivity index (χ2v) is 7.13. The van der Waals surface area contributed by atoms with E-state index in [0.29, 0.717) is 12.1 Å². The molecule has 0 aliphatic carbocycles. The van der Waals surface area contributed by atoms with E-state index in [2.05, 4.69) is 35.9 Å². The molecule has 2 aliphatic rings. The van der Waals surface area contributed by atoms with Gasteiger partial charge in [0.1, 0.15) is 0 Å². The number of likely N-dealkylation sites (tertiary alicyclic amines) is 2. The van der Waals surface area contributed by atoms with Crippen molar-refractivity contribution in [1.82, 2.24) is 15.1 Å². The number of nitrogens with zero attached hydrogens (tertiary/aromatic N) is 2. The van der Waals surface area contributed by atoms with Gasteiger partial charge in [-0.05, 0) is 71.6 Å². The Morgan fingerprint density at radius 3 is 2.14 bits per heavy atom. The lowest BCUT2D eigenvalue weighted by molar-refractivity contribution is 0.0750. The zero-order valence-electron chi connectivity index (χ0n) is 14.6. The molecule has 2 rings (SSSR count). The molecule has 0 radical (unpaired) electrons. The Labute approximate surface area is 132 Å². The molecule has 0 saturated carbocycles. The fraction of sp³-hybridized carbons (Fsp3) is 1.00. The fourth-order valence-corrected chi connectivity index (χ4v) is 4.02. The zero-order valence-corrected chi connectivity index (χ0v) is 14.6. The van der Waals surface area contributed by atoms with Crippen LogP contribution in [0.4, 0.5) is 0 Å². The van der Waals surface area contributed by atoms with Gasteiger partial charge in [-0.3, -0.25) is 4.90 Å². The van der Waals surface area contributed by atoms with Crippen LogP contribution in [0.5, 0.6) is 0 Å². The molecule has 1 unspecified atom stereocenters. The highest BCUT2D eigenvalue weighted by atomic mass is 15.2. The van der Waals surface area contributed by atoms with Gasteiger partial charge in [0.05, 0.1) is 0 Å². The van der Waals surface area contributed by atoms with E-state index in [1.165, 1.54) is 71.1 Å². The molecule has 0 bridgehead atoms. The SMILES string of the molecule is CCC(CC)NCC(C)N1CCC(N2CCCCC2)CC1. The largest absolute Gasteiger partial charge is 0.312 e. The first-order valence-electron chi connectivity index (χ1n) is 9.46. The van der Waals surface area contributed by atoms with Crippen LogP contribution < -0.4 is 5.32 Å². The van der Waals surface area contributed by atoms with Crippen LogP contribution in [0.25, 0.3) is 0 Å². The molecule has 1 N–H and O–H groups in total. The summed E-state index contributed by atoms with van der Waals surface area (Å²) in [5, 5.41) is 3.74. The second kappa shape index (κ2) is 9.12. The predicted molar refractivity (Wildman–Crippen MR) is 91.9 cm³/mol. The van der Waals surface area contributed by atoms with Gasteiger partial charge in [0.15, 0.2) is 0 Å². The molecule has 2 heterocycles. The highest BCUT2D eigenvalue weighted by Crippen LogP contribution is 2.21. The summed E-state index contributed by atoms with van der Waals surface area (Å²) in [6, 6.07) is 2.27. The van der Waals surface area contributed by atoms with Crippen LogP contribution >= 0.6 is 0 Å². The Balaban J connectivity index is 1.67. The average molecular weight is 296 g/mol. The van der Waals surface area contributed by atoms with Crippen molar-refractivity contribution in [2.45, 2.75) is 83.8 Å². The lowest BCUT2D eigenvalue weighted by Gasteiger charge is -2.42. The van der Waals surface area contributed by atoms with E-state index in [-0.39, 0.29) is 0 Å². The smallest absolute Gasteiger partial charge is 0.0192 e. The Bertz CT molecular complexity index is 264. The van der Waals surface area contributed by atoms with Crippen molar-refractivity contribution in [2.24, 2.45) is 0 Å². The summed E-state index contributed by atoms with van der Waals surface area (Å²) in [6.07, 6.45) is 9.57. The number of piperidine rings is 2. The third-order valence-corrected chi connectivity index (χ3v) is 5.72. The first kappa shape index (κ1) is 17.2. The van der Waals surface area contributed by atoms with Crippen LogP contribution in [0.15, 0.2) is 0 Å². The highest BCUT2D eigenvalue weighted by Gasteiger charge is 2.27. The molecule has 3 heteroatoms. The van der Waals surface area contributed by atoms with Crippen molar-refractivity contribution in [2.75, 3.05) is 32.7 Å². The summed E-state index contributed by atoms with van der Waals surface area (Å²) >= 11 is 0. The summed E-state index contributed by atoms with van der Waals surface area (Å²) in [7, 11) is 0. The monoisotopic (exact) mass is 295 g/mol. The van der Waals surface area contributed by atoms with Gasteiger partial charge in [0.25, 0.3) is 0 Å². The van der Waals surface area contributed by atoms with Crippen LogP contribution in [0.1, 0.15) is 65.7 Å². The summed E-state index contributed by atoms with van der Waals surface area (Å²) in [5.74, 6) is 0. The number of nitrogens with one attached hydrogen (secondary N) is 1. The zero-order chi connectivity index (χ0) is 15.1. The molecule has 0 aromatic carbocycles. The Kier molecular flexibility index (Phi) is 7.48. The van der Waals surface area contributed by atoms with Crippen molar-refractivity contribution in [3.8, 4) is 0 Å². The van der Waals surface area contributed by atoms with Gasteiger partial charge in [0, 0.05) is 24.7 Å². The minimum atomic E-state index is 0.688. The Morgan fingerprint density at radius 2 is 1.57 bits per heavy atom. The van der Waals surface area contributed by atoms with Crippen molar-refractivity contribution in [1.29, 1.82) is 0 Å². The van der Waals surface area contributed by atoms with Crippen LogP contribution in [-0.2, 0) is 0 Å². The third-order valence-electron chi connectivity index (χ3n) is 5.72. The molecule has 2 saturated heterocycles. The Morgan fingerprint density at radius 1 is 0.952 bits per heavy atom. The molecule has 0 aromatic heterocycles. The molecule has 124 valence electrons. The first-order chi connectivity index (χ1) is 10.2. The first-order valence-corrected chi connectivity index (χ1v) is 9.46. The van der Waals surface area contributed by atoms with Crippen molar-refractivity contribution >= 4 is 0 Å². The van der Waals surface area contributed by atoms with E-state index in [9.17, 15) is 0 Å². The lowest BCUT2D eigenvalue weighted by Crippen LogP contribution is -2.51. The molecule has 1 atom stereocenters. The van der Waals surface area contributed by atoms with Crippen LogP contribution in [0.3, 0.4) is 0 Å². The molecule has 0 amide bonds. The number of rotatable bonds is 7. The quantitative estimate of drug-likeness (QED) is 0.778. The molecular formula is C18H37N3. The average Bonchev–Trinajstić information content (AvgIpc) is 2.56. The van der Waals surface area contributed by atoms with Gasteiger partial charge in [0.2, 0.25) is 0 Å². The van der Waals surface area contributed by atoms with E-state index in [4.69, 9.17) is 0 Å². The molecular weight excluding hydrogens is 258 g/mol. The molecule has 2 aliphatic heterocycles. The highest BCUT2D eigenvalue weighted by molar-refractivity contribution is 4.84. The minimum absolute atomic E-state index is 0.688. The van der Waals surface area contributed by atoms with E-state index in [1.807, 2.05) is 0 Å². The van der Waals surface area contributed by atoms with Crippen molar-refractivity contribution in [3.05, 3.63) is 0 Å². The van der Waals surface area contributed by atoms with Crippen LogP contribution in [-0.4, -0.2) is 60.6 Å². The minimum Gasteiger partial charge on any atom is -0.312 e. The normalized spacial score (nSPS) is 24.6. The lowest BCUT2D eigenvalue weighted by atomic mass is 9.99. The molecule has 3 nitrogen and oxygen atoms in total. The molecule has 0 spiro atoms. The topological polar surface area (TPSA) is 18.5 Å².